The van der Waals surface area contributed by atoms with Gasteiger partial charge in [0.15, 0.2) is 0 Å². The molecule has 1 aliphatic rings. The zero-order valence-corrected chi connectivity index (χ0v) is 18.4. The van der Waals surface area contributed by atoms with E-state index in [0.29, 0.717) is 13.0 Å². The van der Waals surface area contributed by atoms with E-state index in [0.717, 1.165) is 37.2 Å². The molecule has 1 aromatic heterocycles. The van der Waals surface area contributed by atoms with Crippen LogP contribution < -0.4 is 10.1 Å². The minimum absolute atomic E-state index is 0.0902. The van der Waals surface area contributed by atoms with E-state index in [4.69, 9.17) is 4.74 Å². The molecule has 0 unspecified atom stereocenters. The first kappa shape index (κ1) is 21.2. The first-order chi connectivity index (χ1) is 15.1. The summed E-state index contributed by atoms with van der Waals surface area (Å²) in [6.07, 6.45) is 4.32. The second-order valence-corrected chi connectivity index (χ2v) is 8.20. The van der Waals surface area contributed by atoms with Crippen LogP contribution in [0.15, 0.2) is 66.9 Å². The van der Waals surface area contributed by atoms with Gasteiger partial charge in [-0.2, -0.15) is 0 Å². The lowest BCUT2D eigenvalue weighted by molar-refractivity contribution is -0.121. The van der Waals surface area contributed by atoms with Crippen molar-refractivity contribution in [2.75, 3.05) is 20.2 Å². The van der Waals surface area contributed by atoms with Gasteiger partial charge < -0.3 is 14.6 Å². The Morgan fingerprint density at radius 2 is 1.84 bits per heavy atom. The molecule has 4 rings (SSSR count). The van der Waals surface area contributed by atoms with Crippen LogP contribution in [0, 0.1) is 0 Å². The van der Waals surface area contributed by atoms with E-state index in [1.807, 2.05) is 24.3 Å². The molecule has 162 valence electrons. The van der Waals surface area contributed by atoms with Crippen LogP contribution in [-0.2, 0) is 31.2 Å². The maximum atomic E-state index is 12.6. The van der Waals surface area contributed by atoms with Gasteiger partial charge in [-0.05, 0) is 53.8 Å². The Labute approximate surface area is 184 Å². The molecule has 0 saturated carbocycles. The normalized spacial score (nSPS) is 14.6. The molecule has 0 spiro atoms. The third-order valence-corrected chi connectivity index (χ3v) is 6.22. The zero-order chi connectivity index (χ0) is 21.6. The highest BCUT2D eigenvalue weighted by molar-refractivity contribution is 5.76. The number of aromatic nitrogens is 1. The molecular weight excluding hydrogens is 386 g/mol. The number of fused-ring (bicyclic) bond motifs is 1. The van der Waals surface area contributed by atoms with E-state index in [9.17, 15) is 4.79 Å². The molecule has 5 nitrogen and oxygen atoms in total. The molecule has 0 radical (unpaired) electrons. The molecule has 2 aromatic carbocycles. The SMILES string of the molecule is COc1ccc(CCC(=O)NC[C@@H](c2cccn2C)N2CCc3ccccc3C2)cc1. The number of amides is 1. The van der Waals surface area contributed by atoms with Crippen LogP contribution in [-0.4, -0.2) is 35.6 Å². The van der Waals surface area contributed by atoms with Crippen molar-refractivity contribution in [2.45, 2.75) is 31.8 Å². The van der Waals surface area contributed by atoms with Crippen LogP contribution in [0.25, 0.3) is 0 Å². The maximum absolute atomic E-state index is 12.6. The number of aryl methyl sites for hydroxylation is 2. The standard InChI is InChI=1S/C26H31N3O2/c1-28-16-5-8-24(28)25(29-17-15-21-6-3-4-7-22(21)19-29)18-27-26(30)14-11-20-9-12-23(31-2)13-10-20/h3-10,12-13,16,25H,11,14-15,17-19H2,1-2H3,(H,27,30)/t25-/m0/s1. The molecule has 0 saturated heterocycles. The highest BCUT2D eigenvalue weighted by Gasteiger charge is 2.26. The minimum Gasteiger partial charge on any atom is -0.497 e. The van der Waals surface area contributed by atoms with Crippen molar-refractivity contribution in [1.29, 1.82) is 0 Å². The summed E-state index contributed by atoms with van der Waals surface area (Å²) in [6.45, 7) is 2.52. The van der Waals surface area contributed by atoms with Crippen molar-refractivity contribution in [2.24, 2.45) is 7.05 Å². The van der Waals surface area contributed by atoms with Crippen LogP contribution in [0.1, 0.15) is 34.8 Å². The lowest BCUT2D eigenvalue weighted by Crippen LogP contribution is -2.41. The lowest BCUT2D eigenvalue weighted by atomic mass is 9.97. The summed E-state index contributed by atoms with van der Waals surface area (Å²) < 4.78 is 7.36. The van der Waals surface area contributed by atoms with E-state index >= 15 is 0 Å². The number of carbonyl (C=O) groups is 1. The average Bonchev–Trinajstić information content (AvgIpc) is 3.23. The first-order valence-electron chi connectivity index (χ1n) is 11.0. The summed E-state index contributed by atoms with van der Waals surface area (Å²) in [4.78, 5) is 15.1. The van der Waals surface area contributed by atoms with Crippen molar-refractivity contribution in [1.82, 2.24) is 14.8 Å². The fourth-order valence-corrected chi connectivity index (χ4v) is 4.37. The zero-order valence-electron chi connectivity index (χ0n) is 18.4. The van der Waals surface area contributed by atoms with Gasteiger partial charge in [-0.3, -0.25) is 9.69 Å². The van der Waals surface area contributed by atoms with Crippen LogP contribution in [0.4, 0.5) is 0 Å². The lowest BCUT2D eigenvalue weighted by Gasteiger charge is -2.36. The molecule has 1 amide bonds. The molecule has 0 bridgehead atoms. The van der Waals surface area contributed by atoms with Gasteiger partial charge in [0.2, 0.25) is 5.91 Å². The summed E-state index contributed by atoms with van der Waals surface area (Å²) in [7, 11) is 3.73. The van der Waals surface area contributed by atoms with Crippen molar-refractivity contribution >= 4 is 5.91 Å². The molecule has 2 heterocycles. The molecule has 31 heavy (non-hydrogen) atoms. The number of rotatable bonds is 8. The van der Waals surface area contributed by atoms with Crippen LogP contribution >= 0.6 is 0 Å². The predicted octanol–water partition coefficient (Wildman–Crippen LogP) is 3.88. The number of nitrogens with zero attached hydrogens (tertiary/aromatic N) is 2. The number of benzene rings is 2. The van der Waals surface area contributed by atoms with Crippen LogP contribution in [0.2, 0.25) is 0 Å². The smallest absolute Gasteiger partial charge is 0.220 e. The second-order valence-electron chi connectivity index (χ2n) is 8.20. The highest BCUT2D eigenvalue weighted by atomic mass is 16.5. The molecule has 5 heteroatoms. The Balaban J connectivity index is 1.38. The molecule has 1 atom stereocenters. The molecular formula is C26H31N3O2. The Hall–Kier alpha value is -3.05. The number of hydrogen-bond donors (Lipinski definition) is 1. The van der Waals surface area contributed by atoms with Gasteiger partial charge in [-0.15, -0.1) is 0 Å². The van der Waals surface area contributed by atoms with Crippen LogP contribution in [0.3, 0.4) is 0 Å². The largest absolute Gasteiger partial charge is 0.497 e. The van der Waals surface area contributed by atoms with Gasteiger partial charge in [-0.1, -0.05) is 36.4 Å². The minimum atomic E-state index is 0.0902. The maximum Gasteiger partial charge on any atom is 0.220 e. The Morgan fingerprint density at radius 1 is 1.06 bits per heavy atom. The molecule has 0 aliphatic carbocycles. The summed E-state index contributed by atoms with van der Waals surface area (Å²) in [6, 6.07) is 21.0. The molecule has 1 N–H and O–H groups in total. The molecule has 3 aromatic rings. The molecule has 1 aliphatic heterocycles. The fourth-order valence-electron chi connectivity index (χ4n) is 4.37. The predicted molar refractivity (Wildman–Crippen MR) is 123 cm³/mol. The number of carbonyl (C=O) groups excluding carboxylic acids is 1. The summed E-state index contributed by atoms with van der Waals surface area (Å²) in [5.74, 6) is 0.925. The second kappa shape index (κ2) is 9.84. The first-order valence-corrected chi connectivity index (χ1v) is 11.0. The van der Waals surface area contributed by atoms with Gasteiger partial charge in [0.05, 0.1) is 13.2 Å². The summed E-state index contributed by atoms with van der Waals surface area (Å²) in [5.41, 5.74) is 5.20. The number of ether oxygens (including phenoxy) is 1. The fraction of sp³-hybridized carbons (Fsp3) is 0.346. The monoisotopic (exact) mass is 417 g/mol. The Kier molecular flexibility index (Phi) is 6.73. The van der Waals surface area contributed by atoms with Gasteiger partial charge in [0, 0.05) is 45.0 Å². The van der Waals surface area contributed by atoms with E-state index in [2.05, 4.69) is 64.4 Å². The van der Waals surface area contributed by atoms with Crippen molar-refractivity contribution in [3.8, 4) is 5.75 Å². The number of methoxy groups -OCH3 is 1. The quantitative estimate of drug-likeness (QED) is 0.605. The molecule has 0 fully saturated rings. The van der Waals surface area contributed by atoms with Gasteiger partial charge in [0.1, 0.15) is 5.75 Å². The van der Waals surface area contributed by atoms with Crippen molar-refractivity contribution < 1.29 is 9.53 Å². The number of hydrogen-bond acceptors (Lipinski definition) is 3. The summed E-state index contributed by atoms with van der Waals surface area (Å²) in [5, 5.41) is 3.19. The van der Waals surface area contributed by atoms with Gasteiger partial charge >= 0.3 is 0 Å². The highest BCUT2D eigenvalue weighted by Crippen LogP contribution is 2.27. The number of nitrogens with one attached hydrogen (secondary N) is 1. The van der Waals surface area contributed by atoms with E-state index < -0.39 is 0 Å². The Bertz CT molecular complexity index is 1010. The topological polar surface area (TPSA) is 46.5 Å². The average molecular weight is 418 g/mol. The van der Waals surface area contributed by atoms with Crippen molar-refractivity contribution in [3.05, 3.63) is 89.2 Å². The van der Waals surface area contributed by atoms with E-state index in [1.54, 1.807) is 7.11 Å². The Morgan fingerprint density at radius 3 is 2.55 bits per heavy atom. The van der Waals surface area contributed by atoms with Crippen molar-refractivity contribution in [3.63, 3.8) is 0 Å². The third kappa shape index (κ3) is 5.17. The van der Waals surface area contributed by atoms with E-state index in [-0.39, 0.29) is 11.9 Å². The van der Waals surface area contributed by atoms with Crippen LogP contribution in [0.5, 0.6) is 5.75 Å². The van der Waals surface area contributed by atoms with Gasteiger partial charge in [0.25, 0.3) is 0 Å². The van der Waals surface area contributed by atoms with E-state index in [1.165, 1.54) is 16.8 Å². The summed E-state index contributed by atoms with van der Waals surface area (Å²) >= 11 is 0. The van der Waals surface area contributed by atoms with Gasteiger partial charge in [-0.25, -0.2) is 0 Å². The third-order valence-electron chi connectivity index (χ3n) is 6.22.